The number of carboxylic acid groups (broad SMARTS) is 1. The molecule has 0 unspecified atom stereocenters. The molecular formula is C15H20BrNO2. The minimum atomic E-state index is -0.878. The van der Waals surface area contributed by atoms with Gasteiger partial charge in [0.05, 0.1) is 11.3 Å². The molecule has 1 aromatic carbocycles. The Hall–Kier alpha value is -1.03. The smallest absolute Gasteiger partial charge is 0.337 e. The predicted octanol–water partition coefficient (Wildman–Crippen LogP) is 4.53. The third kappa shape index (κ3) is 3.72. The van der Waals surface area contributed by atoms with Crippen LogP contribution < -0.4 is 5.32 Å². The number of carbonyl (C=O) groups is 1. The lowest BCUT2D eigenvalue weighted by molar-refractivity contribution is 0.0698. The van der Waals surface area contributed by atoms with Crippen molar-refractivity contribution in [2.45, 2.75) is 45.1 Å². The third-order valence-corrected chi connectivity index (χ3v) is 4.49. The standard InChI is InChI=1S/C15H20BrNO2/c1-2-10-3-6-12(7-4-10)17-14-9-11(16)5-8-13(14)15(18)19/h5,8-10,12,17H,2-4,6-7H2,1H3,(H,18,19). The first-order valence-electron chi connectivity index (χ1n) is 6.89. The Morgan fingerprint density at radius 2 is 2.05 bits per heavy atom. The van der Waals surface area contributed by atoms with Gasteiger partial charge in [-0.3, -0.25) is 0 Å². The molecule has 0 atom stereocenters. The molecule has 1 aromatic rings. The lowest BCUT2D eigenvalue weighted by Gasteiger charge is -2.29. The average molecular weight is 326 g/mol. The van der Waals surface area contributed by atoms with Gasteiger partial charge in [0.15, 0.2) is 0 Å². The SMILES string of the molecule is CCC1CCC(Nc2cc(Br)ccc2C(=O)O)CC1. The molecule has 0 aliphatic heterocycles. The maximum atomic E-state index is 11.2. The molecule has 0 spiro atoms. The number of halogens is 1. The molecule has 3 nitrogen and oxygen atoms in total. The Labute approximate surface area is 122 Å². The molecule has 1 aliphatic carbocycles. The van der Waals surface area contributed by atoms with E-state index in [9.17, 15) is 9.90 Å². The van der Waals surface area contributed by atoms with Gasteiger partial charge in [-0.1, -0.05) is 29.3 Å². The van der Waals surface area contributed by atoms with Gasteiger partial charge in [-0.25, -0.2) is 4.79 Å². The Kier molecular flexibility index (Phi) is 4.86. The first-order valence-corrected chi connectivity index (χ1v) is 7.68. The molecule has 0 heterocycles. The van der Waals surface area contributed by atoms with Crippen LogP contribution in [0.15, 0.2) is 22.7 Å². The zero-order chi connectivity index (χ0) is 13.8. The summed E-state index contributed by atoms with van der Waals surface area (Å²) in [6.07, 6.45) is 5.99. The highest BCUT2D eigenvalue weighted by Gasteiger charge is 2.21. The van der Waals surface area contributed by atoms with Crippen LogP contribution in [0.5, 0.6) is 0 Å². The summed E-state index contributed by atoms with van der Waals surface area (Å²) in [5.41, 5.74) is 1.07. The molecule has 2 rings (SSSR count). The lowest BCUT2D eigenvalue weighted by atomic mass is 9.84. The maximum absolute atomic E-state index is 11.2. The second-order valence-corrected chi connectivity index (χ2v) is 6.18. The van der Waals surface area contributed by atoms with Gasteiger partial charge < -0.3 is 10.4 Å². The van der Waals surface area contributed by atoms with Crippen molar-refractivity contribution in [2.75, 3.05) is 5.32 Å². The molecule has 1 saturated carbocycles. The molecule has 2 N–H and O–H groups in total. The molecule has 104 valence electrons. The molecule has 1 fully saturated rings. The van der Waals surface area contributed by atoms with Gasteiger partial charge in [0.2, 0.25) is 0 Å². The van der Waals surface area contributed by atoms with Crippen molar-refractivity contribution in [2.24, 2.45) is 5.92 Å². The predicted molar refractivity (Wildman–Crippen MR) is 80.8 cm³/mol. The van der Waals surface area contributed by atoms with Gasteiger partial charge >= 0.3 is 5.97 Å². The largest absolute Gasteiger partial charge is 0.478 e. The summed E-state index contributed by atoms with van der Waals surface area (Å²) in [7, 11) is 0. The quantitative estimate of drug-likeness (QED) is 0.855. The highest BCUT2D eigenvalue weighted by atomic mass is 79.9. The molecule has 0 amide bonds. The van der Waals surface area contributed by atoms with Crippen molar-refractivity contribution in [3.05, 3.63) is 28.2 Å². The fraction of sp³-hybridized carbons (Fsp3) is 0.533. The van der Waals surface area contributed by atoms with E-state index in [2.05, 4.69) is 28.2 Å². The average Bonchev–Trinajstić information content (AvgIpc) is 2.39. The van der Waals surface area contributed by atoms with E-state index in [4.69, 9.17) is 0 Å². The van der Waals surface area contributed by atoms with E-state index in [1.807, 2.05) is 6.07 Å². The second kappa shape index (κ2) is 6.42. The molecular weight excluding hydrogens is 306 g/mol. The normalized spacial score (nSPS) is 23.1. The van der Waals surface area contributed by atoms with Crippen LogP contribution >= 0.6 is 15.9 Å². The minimum absolute atomic E-state index is 0.348. The second-order valence-electron chi connectivity index (χ2n) is 5.27. The Morgan fingerprint density at radius 3 is 2.63 bits per heavy atom. The zero-order valence-electron chi connectivity index (χ0n) is 11.2. The summed E-state index contributed by atoms with van der Waals surface area (Å²) >= 11 is 3.40. The van der Waals surface area contributed by atoms with Crippen LogP contribution in [0, 0.1) is 5.92 Å². The van der Waals surface area contributed by atoms with Crippen molar-refractivity contribution in [3.63, 3.8) is 0 Å². The summed E-state index contributed by atoms with van der Waals surface area (Å²) < 4.78 is 0.905. The topological polar surface area (TPSA) is 49.3 Å². The van der Waals surface area contributed by atoms with E-state index in [1.54, 1.807) is 12.1 Å². The number of anilines is 1. The first-order chi connectivity index (χ1) is 9.10. The van der Waals surface area contributed by atoms with Gasteiger partial charge in [-0.15, -0.1) is 0 Å². The lowest BCUT2D eigenvalue weighted by Crippen LogP contribution is -2.26. The van der Waals surface area contributed by atoms with Crippen LogP contribution in [0.4, 0.5) is 5.69 Å². The van der Waals surface area contributed by atoms with Crippen LogP contribution in [-0.4, -0.2) is 17.1 Å². The number of carboxylic acids is 1. The monoisotopic (exact) mass is 325 g/mol. The highest BCUT2D eigenvalue weighted by Crippen LogP contribution is 2.30. The van der Waals surface area contributed by atoms with E-state index >= 15 is 0 Å². The van der Waals surface area contributed by atoms with Gasteiger partial charge in [0, 0.05) is 10.5 Å². The summed E-state index contributed by atoms with van der Waals surface area (Å²) in [6, 6.07) is 5.67. The summed E-state index contributed by atoms with van der Waals surface area (Å²) in [4.78, 5) is 11.2. The Morgan fingerprint density at radius 1 is 1.37 bits per heavy atom. The number of nitrogens with one attached hydrogen (secondary N) is 1. The van der Waals surface area contributed by atoms with Gasteiger partial charge in [0.1, 0.15) is 0 Å². The van der Waals surface area contributed by atoms with E-state index in [0.29, 0.717) is 11.6 Å². The maximum Gasteiger partial charge on any atom is 0.337 e. The van der Waals surface area contributed by atoms with Crippen molar-refractivity contribution in [3.8, 4) is 0 Å². The highest BCUT2D eigenvalue weighted by molar-refractivity contribution is 9.10. The number of benzene rings is 1. The molecule has 0 saturated heterocycles. The fourth-order valence-electron chi connectivity index (χ4n) is 2.76. The van der Waals surface area contributed by atoms with E-state index < -0.39 is 5.97 Å². The number of rotatable bonds is 4. The third-order valence-electron chi connectivity index (χ3n) is 4.00. The van der Waals surface area contributed by atoms with Gasteiger partial charge in [-0.2, -0.15) is 0 Å². The zero-order valence-corrected chi connectivity index (χ0v) is 12.7. The number of hydrogen-bond acceptors (Lipinski definition) is 2. The van der Waals surface area contributed by atoms with Gasteiger partial charge in [-0.05, 0) is 49.8 Å². The summed E-state index contributed by atoms with van der Waals surface area (Å²) in [6.45, 7) is 2.25. The number of aromatic carboxylic acids is 1. The van der Waals surface area contributed by atoms with Crippen molar-refractivity contribution >= 4 is 27.6 Å². The Balaban J connectivity index is 2.06. The molecule has 4 heteroatoms. The van der Waals surface area contributed by atoms with Crippen LogP contribution in [0.3, 0.4) is 0 Å². The van der Waals surface area contributed by atoms with E-state index in [1.165, 1.54) is 19.3 Å². The Bertz CT molecular complexity index is 453. The molecule has 19 heavy (non-hydrogen) atoms. The van der Waals surface area contributed by atoms with Crippen LogP contribution in [0.25, 0.3) is 0 Å². The summed E-state index contributed by atoms with van der Waals surface area (Å²) in [5.74, 6) is -0.0308. The van der Waals surface area contributed by atoms with Crippen LogP contribution in [0.2, 0.25) is 0 Å². The van der Waals surface area contributed by atoms with Crippen molar-refractivity contribution in [1.29, 1.82) is 0 Å². The minimum Gasteiger partial charge on any atom is -0.478 e. The molecule has 1 aliphatic rings. The van der Waals surface area contributed by atoms with Crippen molar-refractivity contribution < 1.29 is 9.90 Å². The van der Waals surface area contributed by atoms with E-state index in [-0.39, 0.29) is 0 Å². The first kappa shape index (κ1) is 14.4. The summed E-state index contributed by atoms with van der Waals surface area (Å²) in [5, 5.41) is 12.6. The molecule has 0 bridgehead atoms. The van der Waals surface area contributed by atoms with Crippen molar-refractivity contribution in [1.82, 2.24) is 0 Å². The molecule has 0 aromatic heterocycles. The fourth-order valence-corrected chi connectivity index (χ4v) is 3.12. The van der Waals surface area contributed by atoms with Gasteiger partial charge in [0.25, 0.3) is 0 Å². The van der Waals surface area contributed by atoms with Crippen LogP contribution in [-0.2, 0) is 0 Å². The number of hydrogen-bond donors (Lipinski definition) is 2. The van der Waals surface area contributed by atoms with E-state index in [0.717, 1.165) is 28.9 Å². The van der Waals surface area contributed by atoms with Crippen LogP contribution in [0.1, 0.15) is 49.4 Å². The molecule has 0 radical (unpaired) electrons.